The van der Waals surface area contributed by atoms with Crippen LogP contribution in [0.3, 0.4) is 0 Å². The summed E-state index contributed by atoms with van der Waals surface area (Å²) in [6, 6.07) is 1.39. The molecule has 0 aliphatic carbocycles. The fourth-order valence-corrected chi connectivity index (χ4v) is 2.14. The van der Waals surface area contributed by atoms with Gasteiger partial charge in [0.2, 0.25) is 0 Å². The van der Waals surface area contributed by atoms with Crippen molar-refractivity contribution in [3.63, 3.8) is 0 Å². The van der Waals surface area contributed by atoms with Crippen molar-refractivity contribution >= 4 is 10.0 Å². The van der Waals surface area contributed by atoms with E-state index >= 15 is 0 Å². The molecule has 16 heavy (non-hydrogen) atoms. The smallest absolute Gasteiger partial charge is 0.257 e. The summed E-state index contributed by atoms with van der Waals surface area (Å²) in [5.41, 5.74) is 0.797. The highest BCUT2D eigenvalue weighted by molar-refractivity contribution is 7.89. The van der Waals surface area contributed by atoms with Crippen molar-refractivity contribution in [1.29, 1.82) is 0 Å². The summed E-state index contributed by atoms with van der Waals surface area (Å²) in [5, 5.41) is 9.98. The lowest BCUT2D eigenvalue weighted by molar-refractivity contribution is 0.577. The highest BCUT2D eigenvalue weighted by Gasteiger charge is 2.14. The number of nitrogens with zero attached hydrogens (tertiary/aromatic N) is 3. The summed E-state index contributed by atoms with van der Waals surface area (Å²) in [7, 11) is -1.74. The highest BCUT2D eigenvalue weighted by atomic mass is 32.2. The SMILES string of the molecule is Cn1cc(CNS(=O)(=O)c2ccn[nH]2)cn1. The summed E-state index contributed by atoms with van der Waals surface area (Å²) in [4.78, 5) is 0. The number of aryl methyl sites for hydroxylation is 1. The molecule has 2 aromatic heterocycles. The predicted octanol–water partition coefficient (Wildman–Crippen LogP) is -0.378. The molecule has 0 aromatic carbocycles. The number of hydrogen-bond acceptors (Lipinski definition) is 4. The van der Waals surface area contributed by atoms with Crippen LogP contribution in [0.4, 0.5) is 0 Å². The summed E-state index contributed by atoms with van der Waals surface area (Å²) < 4.78 is 27.4. The summed E-state index contributed by atoms with van der Waals surface area (Å²) in [6.45, 7) is 0.204. The normalized spacial score (nSPS) is 11.8. The lowest BCUT2D eigenvalue weighted by Crippen LogP contribution is -2.23. The standard InChI is InChI=1S/C8H11N5O2S/c1-13-6-7(4-10-13)5-11-16(14,15)8-2-3-9-12-8/h2-4,6,11H,5H2,1H3,(H,9,12). The van der Waals surface area contributed by atoms with Gasteiger partial charge in [0.05, 0.1) is 12.4 Å². The van der Waals surface area contributed by atoms with Crippen LogP contribution >= 0.6 is 0 Å². The average molecular weight is 241 g/mol. The van der Waals surface area contributed by atoms with Gasteiger partial charge in [-0.15, -0.1) is 0 Å². The fraction of sp³-hybridized carbons (Fsp3) is 0.250. The molecule has 86 valence electrons. The molecule has 0 saturated carbocycles. The first kappa shape index (κ1) is 10.8. The van der Waals surface area contributed by atoms with E-state index in [1.807, 2.05) is 0 Å². The zero-order valence-electron chi connectivity index (χ0n) is 8.58. The first-order valence-corrected chi connectivity index (χ1v) is 6.03. The van der Waals surface area contributed by atoms with E-state index < -0.39 is 10.0 Å². The number of nitrogens with one attached hydrogen (secondary N) is 2. The maximum atomic E-state index is 11.7. The molecule has 8 heteroatoms. The number of H-pyrrole nitrogens is 1. The molecular weight excluding hydrogens is 230 g/mol. The Bertz CT molecular complexity index is 557. The van der Waals surface area contributed by atoms with Crippen molar-refractivity contribution in [2.75, 3.05) is 0 Å². The highest BCUT2D eigenvalue weighted by Crippen LogP contribution is 2.04. The van der Waals surface area contributed by atoms with Gasteiger partial charge in [0.1, 0.15) is 0 Å². The van der Waals surface area contributed by atoms with Crippen molar-refractivity contribution in [2.45, 2.75) is 11.6 Å². The Hall–Kier alpha value is -1.67. The molecule has 2 heterocycles. The quantitative estimate of drug-likeness (QED) is 0.763. The van der Waals surface area contributed by atoms with E-state index in [4.69, 9.17) is 0 Å². The van der Waals surface area contributed by atoms with Gasteiger partial charge in [0.25, 0.3) is 10.0 Å². The van der Waals surface area contributed by atoms with E-state index in [1.165, 1.54) is 12.3 Å². The summed E-state index contributed by atoms with van der Waals surface area (Å²) in [5.74, 6) is 0. The minimum atomic E-state index is -3.51. The molecule has 2 rings (SSSR count). The fourth-order valence-electron chi connectivity index (χ4n) is 1.21. The molecule has 0 aliphatic rings. The van der Waals surface area contributed by atoms with Gasteiger partial charge in [-0.3, -0.25) is 9.78 Å². The third-order valence-corrected chi connectivity index (χ3v) is 3.32. The molecule has 0 fully saturated rings. The predicted molar refractivity (Wildman–Crippen MR) is 55.8 cm³/mol. The van der Waals surface area contributed by atoms with Crippen LogP contribution in [0.25, 0.3) is 0 Å². The zero-order valence-corrected chi connectivity index (χ0v) is 9.40. The number of rotatable bonds is 4. The molecule has 0 amide bonds. The Kier molecular flexibility index (Phi) is 2.75. The number of aromatic nitrogens is 4. The molecular formula is C8H11N5O2S. The van der Waals surface area contributed by atoms with Gasteiger partial charge < -0.3 is 0 Å². The molecule has 0 atom stereocenters. The maximum Gasteiger partial charge on any atom is 0.257 e. The van der Waals surface area contributed by atoms with Crippen LogP contribution in [0.5, 0.6) is 0 Å². The van der Waals surface area contributed by atoms with Crippen molar-refractivity contribution in [3.8, 4) is 0 Å². The Morgan fingerprint density at radius 1 is 1.56 bits per heavy atom. The molecule has 0 radical (unpaired) electrons. The van der Waals surface area contributed by atoms with Crippen molar-refractivity contribution in [3.05, 3.63) is 30.2 Å². The molecule has 0 aliphatic heterocycles. The Morgan fingerprint density at radius 2 is 2.38 bits per heavy atom. The van der Waals surface area contributed by atoms with Crippen LogP contribution in [0.15, 0.2) is 29.7 Å². The first-order chi connectivity index (χ1) is 7.58. The lowest BCUT2D eigenvalue weighted by Gasteiger charge is -2.01. The maximum absolute atomic E-state index is 11.7. The monoisotopic (exact) mass is 241 g/mol. The van der Waals surface area contributed by atoms with E-state index in [9.17, 15) is 8.42 Å². The van der Waals surface area contributed by atoms with Crippen LogP contribution in [-0.4, -0.2) is 28.4 Å². The summed E-state index contributed by atoms with van der Waals surface area (Å²) in [6.07, 6.45) is 4.74. The van der Waals surface area contributed by atoms with Crippen molar-refractivity contribution < 1.29 is 8.42 Å². The van der Waals surface area contributed by atoms with E-state index in [0.29, 0.717) is 0 Å². The average Bonchev–Trinajstić information content (AvgIpc) is 2.85. The van der Waals surface area contributed by atoms with Crippen LogP contribution in [0.2, 0.25) is 0 Å². The summed E-state index contributed by atoms with van der Waals surface area (Å²) >= 11 is 0. The molecule has 0 bridgehead atoms. The van der Waals surface area contributed by atoms with Crippen LogP contribution in [0.1, 0.15) is 5.56 Å². The molecule has 0 saturated heterocycles. The minimum absolute atomic E-state index is 0.0522. The van der Waals surface area contributed by atoms with Gasteiger partial charge in [0, 0.05) is 25.4 Å². The lowest BCUT2D eigenvalue weighted by atomic mass is 10.4. The second-order valence-electron chi connectivity index (χ2n) is 3.27. The number of sulfonamides is 1. The van der Waals surface area contributed by atoms with Crippen molar-refractivity contribution in [2.24, 2.45) is 7.05 Å². The van der Waals surface area contributed by atoms with E-state index in [-0.39, 0.29) is 11.6 Å². The largest absolute Gasteiger partial charge is 0.275 e. The van der Waals surface area contributed by atoms with E-state index in [0.717, 1.165) is 5.56 Å². The van der Waals surface area contributed by atoms with E-state index in [2.05, 4.69) is 20.0 Å². The van der Waals surface area contributed by atoms with Crippen LogP contribution < -0.4 is 4.72 Å². The Balaban J connectivity index is 2.06. The Labute approximate surface area is 92.5 Å². The molecule has 0 unspecified atom stereocenters. The molecule has 0 spiro atoms. The van der Waals surface area contributed by atoms with Gasteiger partial charge >= 0.3 is 0 Å². The molecule has 2 aromatic rings. The Morgan fingerprint density at radius 3 is 2.94 bits per heavy atom. The zero-order chi connectivity index (χ0) is 11.6. The van der Waals surface area contributed by atoms with E-state index in [1.54, 1.807) is 24.1 Å². The van der Waals surface area contributed by atoms with Crippen molar-refractivity contribution in [1.82, 2.24) is 24.7 Å². The minimum Gasteiger partial charge on any atom is -0.275 e. The van der Waals surface area contributed by atoms with Crippen LogP contribution in [0, 0.1) is 0 Å². The third-order valence-electron chi connectivity index (χ3n) is 1.99. The molecule has 7 nitrogen and oxygen atoms in total. The first-order valence-electron chi connectivity index (χ1n) is 4.54. The number of hydrogen-bond donors (Lipinski definition) is 2. The topological polar surface area (TPSA) is 92.7 Å². The number of aromatic amines is 1. The third kappa shape index (κ3) is 2.28. The van der Waals surface area contributed by atoms with Gasteiger partial charge in [0.15, 0.2) is 5.03 Å². The second-order valence-corrected chi connectivity index (χ2v) is 5.00. The second kappa shape index (κ2) is 4.06. The van der Waals surface area contributed by atoms with Gasteiger partial charge in [-0.05, 0) is 6.07 Å². The van der Waals surface area contributed by atoms with Gasteiger partial charge in [-0.25, -0.2) is 13.1 Å². The van der Waals surface area contributed by atoms with Crippen LogP contribution in [-0.2, 0) is 23.6 Å². The van der Waals surface area contributed by atoms with Gasteiger partial charge in [-0.1, -0.05) is 0 Å². The molecule has 2 N–H and O–H groups in total. The van der Waals surface area contributed by atoms with Gasteiger partial charge in [-0.2, -0.15) is 10.2 Å².